The van der Waals surface area contributed by atoms with Crippen molar-refractivity contribution in [3.05, 3.63) is 164 Å². The zero-order chi connectivity index (χ0) is 46.3. The van der Waals surface area contributed by atoms with Crippen molar-refractivity contribution in [3.8, 4) is 21.1 Å². The Morgan fingerprint density at radius 3 is 1.65 bits per heavy atom. The lowest BCUT2D eigenvalue weighted by atomic mass is 10.0. The summed E-state index contributed by atoms with van der Waals surface area (Å²) in [5.74, 6) is -1.08. The van der Waals surface area contributed by atoms with Crippen LogP contribution in [0.1, 0.15) is 50.1 Å². The van der Waals surface area contributed by atoms with Crippen LogP contribution >= 0.6 is 45.3 Å². The van der Waals surface area contributed by atoms with Crippen LogP contribution in [0.5, 0.6) is 0 Å². The summed E-state index contributed by atoms with van der Waals surface area (Å²) in [6, 6.07) is 18.6. The summed E-state index contributed by atoms with van der Waals surface area (Å²) in [4.78, 5) is 60.9. The minimum atomic E-state index is -0.728. The van der Waals surface area contributed by atoms with Crippen LogP contribution in [0.4, 0.5) is 18.8 Å². The number of nitrogens with zero attached hydrogens (tertiary/aromatic N) is 6. The standard InChI is InChI=1S/C23H22FN5OS2.C19H19FN4OS.C4H3NOS/c1-14-9-17(7-8-25-14)23-28-15(2)22(32-23)29-21(30)20(26-11-19-12-31-13-27-19)10-16-3-5-18(24)6-4-16;1-11-9-14(7-8-22-11)19-23-12(2)18(26-19)24-17(25)16(21)10-13-3-5-15(20)6-4-13;6-1-4-2-7-3-5-4/h3-9,12-13,20,26H,10-11H2,1-2H3,(H,29,30);3-9,16H,10,21H2,1-2H3,(H,24,25);1-3H/t20-;16-;/m00./s1. The van der Waals surface area contributed by atoms with E-state index in [2.05, 4.69) is 45.9 Å². The number of rotatable bonds is 14. The van der Waals surface area contributed by atoms with Crippen LogP contribution in [0.2, 0.25) is 0 Å². The number of aldehydes is 1. The lowest BCUT2D eigenvalue weighted by Gasteiger charge is -2.18. The normalized spacial score (nSPS) is 11.6. The number of aromatic nitrogens is 6. The number of aryl methyl sites for hydroxylation is 4. The quantitative estimate of drug-likeness (QED) is 0.0761. The topological polar surface area (TPSA) is 191 Å². The third kappa shape index (κ3) is 14.6. The van der Waals surface area contributed by atoms with E-state index in [9.17, 15) is 23.2 Å². The van der Waals surface area contributed by atoms with Crippen molar-refractivity contribution in [2.24, 2.45) is 5.73 Å². The highest BCUT2D eigenvalue weighted by Gasteiger charge is 2.22. The molecule has 0 aliphatic carbocycles. The first-order valence-electron chi connectivity index (χ1n) is 19.9. The number of carbonyl (C=O) groups is 3. The number of nitrogens with two attached hydrogens (primary N) is 1. The molecule has 0 aliphatic heterocycles. The Labute approximate surface area is 390 Å². The van der Waals surface area contributed by atoms with Crippen molar-refractivity contribution in [2.75, 3.05) is 10.6 Å². The molecule has 8 rings (SSSR count). The summed E-state index contributed by atoms with van der Waals surface area (Å²) in [5.41, 5.74) is 17.7. The SMILES string of the molecule is Cc1cc(-c2nc(C)c(NC(=O)[C@@H](N)Cc3ccc(F)cc3)s2)ccn1.Cc1cc(-c2nc(C)c(NC(=O)[C@H](Cc3ccc(F)cc3)NCc3cscn3)s2)ccn1.O=Cc1cscn1. The maximum atomic E-state index is 13.3. The Balaban J connectivity index is 0.000000190. The number of halogens is 2. The van der Waals surface area contributed by atoms with Gasteiger partial charge in [0.15, 0.2) is 6.29 Å². The van der Waals surface area contributed by atoms with Crippen molar-refractivity contribution in [1.29, 1.82) is 0 Å². The number of benzene rings is 2. The van der Waals surface area contributed by atoms with Gasteiger partial charge in [0, 0.05) is 52.2 Å². The number of amides is 2. The number of carbonyl (C=O) groups excluding carboxylic acids is 3. The van der Waals surface area contributed by atoms with Gasteiger partial charge in [0.05, 0.1) is 40.2 Å². The summed E-state index contributed by atoms with van der Waals surface area (Å²) in [7, 11) is 0. The number of nitrogens with one attached hydrogen (secondary N) is 3. The Morgan fingerprint density at radius 2 is 1.18 bits per heavy atom. The van der Waals surface area contributed by atoms with Gasteiger partial charge < -0.3 is 16.4 Å². The van der Waals surface area contributed by atoms with Crippen LogP contribution in [0.15, 0.2) is 107 Å². The van der Waals surface area contributed by atoms with Crippen LogP contribution in [0, 0.1) is 39.3 Å². The van der Waals surface area contributed by atoms with Gasteiger partial charge in [0.25, 0.3) is 0 Å². The predicted molar refractivity (Wildman–Crippen MR) is 255 cm³/mol. The number of hydrogen-bond donors (Lipinski definition) is 4. The Kier molecular flexibility index (Phi) is 17.4. The molecule has 6 aromatic heterocycles. The molecule has 0 aliphatic rings. The van der Waals surface area contributed by atoms with E-state index in [1.54, 1.807) is 53.1 Å². The third-order valence-corrected chi connectivity index (χ3v) is 12.8. The highest BCUT2D eigenvalue weighted by Crippen LogP contribution is 2.33. The van der Waals surface area contributed by atoms with E-state index in [1.807, 2.05) is 57.3 Å². The fourth-order valence-electron chi connectivity index (χ4n) is 5.95. The molecule has 6 heterocycles. The second-order valence-corrected chi connectivity index (χ2v) is 17.9. The average molecular weight is 951 g/mol. The van der Waals surface area contributed by atoms with Crippen LogP contribution < -0.4 is 21.7 Å². The molecule has 19 heteroatoms. The number of pyridine rings is 2. The summed E-state index contributed by atoms with van der Waals surface area (Å²) in [6.45, 7) is 8.03. The maximum Gasteiger partial charge on any atom is 0.242 e. The summed E-state index contributed by atoms with van der Waals surface area (Å²) in [5, 5.41) is 15.8. The molecule has 0 radical (unpaired) electrons. The summed E-state index contributed by atoms with van der Waals surface area (Å²) >= 11 is 5.76. The number of thiazole rings is 4. The molecule has 0 spiro atoms. The number of anilines is 2. The molecule has 0 fully saturated rings. The highest BCUT2D eigenvalue weighted by molar-refractivity contribution is 7.19. The van der Waals surface area contributed by atoms with E-state index in [0.29, 0.717) is 35.1 Å². The second-order valence-electron chi connectivity index (χ2n) is 14.4. The molecule has 2 aromatic carbocycles. The van der Waals surface area contributed by atoms with Crippen molar-refractivity contribution in [2.45, 2.75) is 59.2 Å². The lowest BCUT2D eigenvalue weighted by Crippen LogP contribution is -2.41. The first-order valence-corrected chi connectivity index (χ1v) is 23.5. The van der Waals surface area contributed by atoms with Crippen LogP contribution in [0.25, 0.3) is 21.1 Å². The highest BCUT2D eigenvalue weighted by atomic mass is 32.1. The third-order valence-electron chi connectivity index (χ3n) is 9.31. The van der Waals surface area contributed by atoms with Gasteiger partial charge in [-0.15, -0.1) is 22.7 Å². The summed E-state index contributed by atoms with van der Waals surface area (Å²) < 4.78 is 26.3. The van der Waals surface area contributed by atoms with Crippen molar-refractivity contribution in [3.63, 3.8) is 0 Å². The Hall–Kier alpha value is -6.35. The van der Waals surface area contributed by atoms with E-state index in [1.165, 1.54) is 69.6 Å². The molecule has 8 aromatic rings. The van der Waals surface area contributed by atoms with E-state index >= 15 is 0 Å². The van der Waals surface area contributed by atoms with Crippen molar-refractivity contribution < 1.29 is 23.2 Å². The van der Waals surface area contributed by atoms with Gasteiger partial charge >= 0.3 is 0 Å². The van der Waals surface area contributed by atoms with E-state index < -0.39 is 12.1 Å². The van der Waals surface area contributed by atoms with Gasteiger partial charge in [-0.25, -0.2) is 28.7 Å². The predicted octanol–water partition coefficient (Wildman–Crippen LogP) is 9.18. The molecule has 0 saturated heterocycles. The molecule has 0 unspecified atom stereocenters. The summed E-state index contributed by atoms with van der Waals surface area (Å²) in [6.07, 6.45) is 4.97. The van der Waals surface area contributed by atoms with Crippen molar-refractivity contribution >= 4 is 73.4 Å². The second kappa shape index (κ2) is 23.5. The molecule has 0 bridgehead atoms. The molecule has 65 heavy (non-hydrogen) atoms. The van der Waals surface area contributed by atoms with Crippen LogP contribution in [-0.4, -0.2) is 60.1 Å². The fraction of sp³-hybridized carbons (Fsp3) is 0.196. The van der Waals surface area contributed by atoms with Crippen molar-refractivity contribution in [1.82, 2.24) is 35.2 Å². The van der Waals surface area contributed by atoms with E-state index in [0.717, 1.165) is 67.0 Å². The van der Waals surface area contributed by atoms with Gasteiger partial charge in [-0.05, 0) is 100 Å². The van der Waals surface area contributed by atoms with E-state index in [-0.39, 0.29) is 23.4 Å². The smallest absolute Gasteiger partial charge is 0.242 e. The van der Waals surface area contributed by atoms with Gasteiger partial charge in [-0.3, -0.25) is 29.7 Å². The Morgan fingerprint density at radius 1 is 0.677 bits per heavy atom. The zero-order valence-corrected chi connectivity index (χ0v) is 38.9. The van der Waals surface area contributed by atoms with Gasteiger partial charge in [-0.2, -0.15) is 0 Å². The zero-order valence-electron chi connectivity index (χ0n) is 35.6. The fourth-order valence-corrected chi connectivity index (χ4v) is 8.94. The first-order chi connectivity index (χ1) is 31.3. The van der Waals surface area contributed by atoms with Crippen LogP contribution in [-0.2, 0) is 29.0 Å². The first kappa shape index (κ1) is 48.1. The molecule has 5 N–H and O–H groups in total. The van der Waals surface area contributed by atoms with Gasteiger partial charge in [0.1, 0.15) is 37.3 Å². The van der Waals surface area contributed by atoms with Gasteiger partial charge in [0.2, 0.25) is 11.8 Å². The lowest BCUT2D eigenvalue weighted by molar-refractivity contribution is -0.118. The molecule has 2 atom stereocenters. The van der Waals surface area contributed by atoms with E-state index in [4.69, 9.17) is 5.73 Å². The monoisotopic (exact) mass is 950 g/mol. The minimum absolute atomic E-state index is 0.172. The van der Waals surface area contributed by atoms with Crippen LogP contribution in [0.3, 0.4) is 0 Å². The minimum Gasteiger partial charge on any atom is -0.320 e. The number of hydrogen-bond acceptors (Lipinski definition) is 15. The molecular formula is C46H44F2N10O3S4. The maximum absolute atomic E-state index is 13.3. The molecule has 2 amide bonds. The molecule has 0 saturated carbocycles. The largest absolute Gasteiger partial charge is 0.320 e. The molecular weight excluding hydrogens is 907 g/mol. The Bertz CT molecular complexity index is 2780. The molecule has 13 nitrogen and oxygen atoms in total. The van der Waals surface area contributed by atoms with Gasteiger partial charge in [-0.1, -0.05) is 46.9 Å². The molecule has 334 valence electrons. The average Bonchev–Trinajstić information content (AvgIpc) is 4.14.